The molecule has 0 saturated carbocycles. The molecule has 2 amide bonds. The first-order chi connectivity index (χ1) is 11.7. The van der Waals surface area contributed by atoms with Crippen molar-refractivity contribution >= 4 is 17.4 Å². The number of nitrogens with one attached hydrogen (secondary N) is 2. The van der Waals surface area contributed by atoms with E-state index < -0.39 is 23.3 Å². The van der Waals surface area contributed by atoms with Crippen molar-refractivity contribution in [3.8, 4) is 12.1 Å². The summed E-state index contributed by atoms with van der Waals surface area (Å²) < 4.78 is 38.7. The topological polar surface area (TPSA) is 88.7 Å². The minimum atomic E-state index is -4.70. The van der Waals surface area contributed by atoms with Crippen LogP contribution in [-0.4, -0.2) is 6.03 Å². The van der Waals surface area contributed by atoms with Crippen LogP contribution in [0.15, 0.2) is 36.4 Å². The van der Waals surface area contributed by atoms with Crippen LogP contribution in [0.1, 0.15) is 22.3 Å². The number of rotatable bonds is 2. The molecular formula is C17H11F3N4O. The molecule has 126 valence electrons. The monoisotopic (exact) mass is 344 g/mol. The van der Waals surface area contributed by atoms with Gasteiger partial charge in [-0.1, -0.05) is 0 Å². The lowest BCUT2D eigenvalue weighted by Crippen LogP contribution is -2.20. The van der Waals surface area contributed by atoms with Crippen LogP contribution >= 0.6 is 0 Å². The van der Waals surface area contributed by atoms with Crippen LogP contribution in [0.2, 0.25) is 0 Å². The molecule has 0 heterocycles. The second-order valence-corrected chi connectivity index (χ2v) is 5.09. The molecule has 2 N–H and O–H groups in total. The Hall–Kier alpha value is -3.52. The van der Waals surface area contributed by atoms with Crippen LogP contribution < -0.4 is 10.6 Å². The lowest BCUT2D eigenvalue weighted by molar-refractivity contribution is -0.137. The molecule has 5 nitrogen and oxygen atoms in total. The number of aryl methyl sites for hydroxylation is 1. The second kappa shape index (κ2) is 6.93. The van der Waals surface area contributed by atoms with E-state index in [1.54, 1.807) is 13.0 Å². The zero-order chi connectivity index (χ0) is 18.6. The summed E-state index contributed by atoms with van der Waals surface area (Å²) in [6.07, 6.45) is -4.70. The first kappa shape index (κ1) is 17.8. The van der Waals surface area contributed by atoms with E-state index in [-0.39, 0.29) is 5.69 Å². The van der Waals surface area contributed by atoms with Crippen molar-refractivity contribution in [3.63, 3.8) is 0 Å². The van der Waals surface area contributed by atoms with Gasteiger partial charge in [0.05, 0.1) is 28.8 Å². The third kappa shape index (κ3) is 4.27. The summed E-state index contributed by atoms with van der Waals surface area (Å²) in [6, 6.07) is 10.2. The van der Waals surface area contributed by atoms with Gasteiger partial charge in [-0.25, -0.2) is 4.79 Å². The number of benzene rings is 2. The SMILES string of the molecule is Cc1cc(NC(=O)Nc2ccc(C#N)c(C(F)(F)F)c2)ccc1C#N. The van der Waals surface area contributed by atoms with Crippen LogP contribution in [0.25, 0.3) is 0 Å². The van der Waals surface area contributed by atoms with Crippen molar-refractivity contribution in [2.45, 2.75) is 13.1 Å². The van der Waals surface area contributed by atoms with Gasteiger partial charge in [-0.15, -0.1) is 0 Å². The van der Waals surface area contributed by atoms with Crippen molar-refractivity contribution in [1.82, 2.24) is 0 Å². The van der Waals surface area contributed by atoms with Gasteiger partial charge in [0.2, 0.25) is 0 Å². The molecule has 0 aliphatic rings. The molecule has 0 aromatic heterocycles. The minimum Gasteiger partial charge on any atom is -0.308 e. The molecule has 0 atom stereocenters. The Kier molecular flexibility index (Phi) is 4.94. The van der Waals surface area contributed by atoms with E-state index in [2.05, 4.69) is 10.6 Å². The summed E-state index contributed by atoms with van der Waals surface area (Å²) in [5, 5.41) is 22.3. The Bertz CT molecular complexity index is 908. The first-order valence-corrected chi connectivity index (χ1v) is 6.94. The van der Waals surface area contributed by atoms with E-state index in [1.807, 2.05) is 6.07 Å². The summed E-state index contributed by atoms with van der Waals surface area (Å²) in [4.78, 5) is 11.9. The predicted octanol–water partition coefficient (Wildman–Crippen LogP) is 4.40. The summed E-state index contributed by atoms with van der Waals surface area (Å²) in [7, 11) is 0. The van der Waals surface area contributed by atoms with Gasteiger partial charge in [-0.2, -0.15) is 23.7 Å². The van der Waals surface area contributed by atoms with Crippen LogP contribution in [0.3, 0.4) is 0 Å². The average molecular weight is 344 g/mol. The number of urea groups is 1. The highest BCUT2D eigenvalue weighted by Crippen LogP contribution is 2.33. The van der Waals surface area contributed by atoms with Crippen LogP contribution in [0.5, 0.6) is 0 Å². The van der Waals surface area contributed by atoms with Crippen LogP contribution in [0, 0.1) is 29.6 Å². The number of nitrogens with zero attached hydrogens (tertiary/aromatic N) is 2. The van der Waals surface area contributed by atoms with E-state index in [0.29, 0.717) is 22.9 Å². The molecule has 0 saturated heterocycles. The molecule has 0 spiro atoms. The van der Waals surface area contributed by atoms with E-state index >= 15 is 0 Å². The fourth-order valence-electron chi connectivity index (χ4n) is 2.11. The molecule has 0 unspecified atom stereocenters. The van der Waals surface area contributed by atoms with Gasteiger partial charge >= 0.3 is 12.2 Å². The Morgan fingerprint density at radius 2 is 1.48 bits per heavy atom. The predicted molar refractivity (Wildman–Crippen MR) is 84.7 cm³/mol. The maximum atomic E-state index is 12.9. The highest BCUT2D eigenvalue weighted by molar-refractivity contribution is 5.99. The molecule has 2 rings (SSSR count). The maximum Gasteiger partial charge on any atom is 0.417 e. The van der Waals surface area contributed by atoms with Gasteiger partial charge in [0.25, 0.3) is 0 Å². The highest BCUT2D eigenvalue weighted by atomic mass is 19.4. The van der Waals surface area contributed by atoms with Crippen molar-refractivity contribution < 1.29 is 18.0 Å². The zero-order valence-corrected chi connectivity index (χ0v) is 12.9. The molecule has 0 bridgehead atoms. The largest absolute Gasteiger partial charge is 0.417 e. The van der Waals surface area contributed by atoms with Gasteiger partial charge in [0, 0.05) is 11.4 Å². The summed E-state index contributed by atoms with van der Waals surface area (Å²) in [5.41, 5.74) is -0.262. The summed E-state index contributed by atoms with van der Waals surface area (Å²) in [5.74, 6) is 0. The minimum absolute atomic E-state index is 0.103. The quantitative estimate of drug-likeness (QED) is 0.846. The third-order valence-corrected chi connectivity index (χ3v) is 3.31. The number of carbonyl (C=O) groups excluding carboxylic acids is 1. The van der Waals surface area contributed by atoms with E-state index in [0.717, 1.165) is 6.07 Å². The summed E-state index contributed by atoms with van der Waals surface area (Å²) >= 11 is 0. The zero-order valence-electron chi connectivity index (χ0n) is 12.9. The molecular weight excluding hydrogens is 333 g/mol. The molecule has 8 heteroatoms. The number of amides is 2. The molecule has 0 radical (unpaired) electrons. The van der Waals surface area contributed by atoms with Gasteiger partial charge in [0.1, 0.15) is 0 Å². The number of carbonyl (C=O) groups is 1. The molecule has 0 fully saturated rings. The van der Waals surface area contributed by atoms with Gasteiger partial charge in [-0.05, 0) is 48.9 Å². The van der Waals surface area contributed by atoms with Crippen molar-refractivity contribution in [2.75, 3.05) is 10.6 Å². The van der Waals surface area contributed by atoms with E-state index in [9.17, 15) is 18.0 Å². The lowest BCUT2D eigenvalue weighted by Gasteiger charge is -2.12. The Morgan fingerprint density at radius 1 is 0.960 bits per heavy atom. The number of hydrogen-bond acceptors (Lipinski definition) is 3. The Labute approximate surface area is 141 Å². The van der Waals surface area contributed by atoms with Crippen molar-refractivity contribution in [3.05, 3.63) is 58.7 Å². The number of alkyl halides is 3. The smallest absolute Gasteiger partial charge is 0.308 e. The van der Waals surface area contributed by atoms with E-state index in [1.165, 1.54) is 24.3 Å². The van der Waals surface area contributed by atoms with E-state index in [4.69, 9.17) is 10.5 Å². The van der Waals surface area contributed by atoms with Gasteiger partial charge < -0.3 is 10.6 Å². The highest BCUT2D eigenvalue weighted by Gasteiger charge is 2.33. The molecule has 0 aliphatic heterocycles. The van der Waals surface area contributed by atoms with Crippen molar-refractivity contribution in [2.24, 2.45) is 0 Å². The Morgan fingerprint density at radius 3 is 1.96 bits per heavy atom. The van der Waals surface area contributed by atoms with Gasteiger partial charge in [0.15, 0.2) is 0 Å². The first-order valence-electron chi connectivity index (χ1n) is 6.94. The van der Waals surface area contributed by atoms with Crippen molar-refractivity contribution in [1.29, 1.82) is 10.5 Å². The number of hydrogen-bond donors (Lipinski definition) is 2. The maximum absolute atomic E-state index is 12.9. The van der Waals surface area contributed by atoms with Crippen LogP contribution in [-0.2, 0) is 6.18 Å². The Balaban J connectivity index is 2.17. The average Bonchev–Trinajstić information content (AvgIpc) is 2.54. The number of anilines is 2. The van der Waals surface area contributed by atoms with Crippen LogP contribution in [0.4, 0.5) is 29.3 Å². The lowest BCUT2D eigenvalue weighted by atomic mass is 10.1. The standard InChI is InChI=1S/C17H11F3N4O/c1-10-6-13(4-2-11(10)8-21)23-16(25)24-14-5-3-12(9-22)15(7-14)17(18,19)20/h2-7H,1H3,(H2,23,24,25). The number of nitriles is 2. The molecule has 25 heavy (non-hydrogen) atoms. The molecule has 0 aliphatic carbocycles. The normalized spacial score (nSPS) is 10.5. The number of halogens is 3. The molecule has 2 aromatic rings. The fraction of sp³-hybridized carbons (Fsp3) is 0.118. The fourth-order valence-corrected chi connectivity index (χ4v) is 2.11. The summed E-state index contributed by atoms with van der Waals surface area (Å²) in [6.45, 7) is 1.69. The van der Waals surface area contributed by atoms with Gasteiger partial charge in [-0.3, -0.25) is 0 Å². The molecule has 2 aromatic carbocycles. The second-order valence-electron chi connectivity index (χ2n) is 5.09. The third-order valence-electron chi connectivity index (χ3n) is 3.31.